The highest BCUT2D eigenvalue weighted by molar-refractivity contribution is 5.25. The van der Waals surface area contributed by atoms with Crippen LogP contribution in [0, 0.1) is 12.3 Å². The topological polar surface area (TPSA) is 111 Å². The number of rotatable bonds is 2. The van der Waals surface area contributed by atoms with E-state index in [1.54, 1.807) is 5.92 Å². The van der Waals surface area contributed by atoms with E-state index in [4.69, 9.17) is 22.0 Å². The van der Waals surface area contributed by atoms with Crippen LogP contribution < -0.4 is 11.4 Å². The SMILES string of the molecule is C#C[C@]1(CO)O[C@@H](n2ccc(N)nc2=O)C(F)(F)[C@@H]1O. The van der Waals surface area contributed by atoms with Gasteiger partial charge < -0.3 is 20.7 Å². The molecule has 2 heterocycles. The Morgan fingerprint density at radius 2 is 2.30 bits per heavy atom. The van der Waals surface area contributed by atoms with Crippen molar-refractivity contribution in [1.82, 2.24) is 9.55 Å². The number of anilines is 1. The zero-order valence-electron chi connectivity index (χ0n) is 10.0. The highest BCUT2D eigenvalue weighted by atomic mass is 19.3. The predicted molar refractivity (Wildman–Crippen MR) is 62.6 cm³/mol. The fourth-order valence-electron chi connectivity index (χ4n) is 1.92. The van der Waals surface area contributed by atoms with E-state index in [1.807, 2.05) is 0 Å². The van der Waals surface area contributed by atoms with Crippen LogP contribution in [0.2, 0.25) is 0 Å². The lowest BCUT2D eigenvalue weighted by Crippen LogP contribution is -2.48. The molecule has 1 aromatic heterocycles. The number of aromatic nitrogens is 2. The Bertz CT molecular complexity index is 627. The molecular formula is C11H11F2N3O4. The van der Waals surface area contributed by atoms with Gasteiger partial charge >= 0.3 is 11.6 Å². The average Bonchev–Trinajstić information content (AvgIpc) is 2.60. The minimum Gasteiger partial charge on any atom is -0.392 e. The Morgan fingerprint density at radius 1 is 1.65 bits per heavy atom. The van der Waals surface area contributed by atoms with Gasteiger partial charge in [0.1, 0.15) is 5.82 Å². The van der Waals surface area contributed by atoms with Gasteiger partial charge in [-0.15, -0.1) is 6.42 Å². The monoisotopic (exact) mass is 287 g/mol. The molecule has 2 rings (SSSR count). The van der Waals surface area contributed by atoms with Crippen molar-refractivity contribution >= 4 is 5.82 Å². The summed E-state index contributed by atoms with van der Waals surface area (Å²) in [5, 5.41) is 18.7. The van der Waals surface area contributed by atoms with E-state index >= 15 is 0 Å². The van der Waals surface area contributed by atoms with Crippen molar-refractivity contribution < 1.29 is 23.7 Å². The van der Waals surface area contributed by atoms with E-state index < -0.39 is 36.2 Å². The van der Waals surface area contributed by atoms with E-state index in [9.17, 15) is 18.7 Å². The number of nitrogens with two attached hydrogens (primary N) is 1. The summed E-state index contributed by atoms with van der Waals surface area (Å²) in [5.74, 6) is -2.25. The quantitative estimate of drug-likeness (QED) is 0.584. The van der Waals surface area contributed by atoms with Crippen molar-refractivity contribution in [3.8, 4) is 12.3 Å². The molecule has 1 aromatic rings. The maximum Gasteiger partial charge on any atom is 0.351 e. The molecule has 9 heteroatoms. The van der Waals surface area contributed by atoms with E-state index in [0.717, 1.165) is 12.3 Å². The van der Waals surface area contributed by atoms with Gasteiger partial charge in [-0.2, -0.15) is 13.8 Å². The zero-order valence-corrected chi connectivity index (χ0v) is 10.0. The molecule has 0 unspecified atom stereocenters. The van der Waals surface area contributed by atoms with Crippen LogP contribution in [0.4, 0.5) is 14.6 Å². The van der Waals surface area contributed by atoms with E-state index in [0.29, 0.717) is 4.57 Å². The standard InChI is InChI=1S/C11H11F2N3O4/c1-2-10(5-17)7(18)11(12,13)8(20-10)16-4-3-6(14)15-9(16)19/h1,3-4,7-8,17-18H,5H2,(H2,14,15,19)/t7-,8-,10-/m1/s1. The number of ether oxygens (including phenoxy) is 1. The molecule has 1 saturated heterocycles. The van der Waals surface area contributed by atoms with Gasteiger partial charge in [0.2, 0.25) is 6.23 Å². The van der Waals surface area contributed by atoms with Gasteiger partial charge in [0, 0.05) is 6.20 Å². The van der Waals surface area contributed by atoms with Crippen LogP contribution in [-0.2, 0) is 4.74 Å². The minimum atomic E-state index is -3.89. The lowest BCUT2D eigenvalue weighted by molar-refractivity contribution is -0.142. The number of hydrogen-bond donors (Lipinski definition) is 3. The van der Waals surface area contributed by atoms with Crippen molar-refractivity contribution in [2.75, 3.05) is 12.3 Å². The highest BCUT2D eigenvalue weighted by Gasteiger charge is 2.66. The van der Waals surface area contributed by atoms with Crippen LogP contribution in [0.15, 0.2) is 17.1 Å². The molecular weight excluding hydrogens is 276 g/mol. The number of aliphatic hydroxyl groups excluding tert-OH is 2. The van der Waals surface area contributed by atoms with Crippen LogP contribution in [0.1, 0.15) is 6.23 Å². The molecule has 0 radical (unpaired) electrons. The van der Waals surface area contributed by atoms with Crippen LogP contribution in [-0.4, -0.2) is 44.0 Å². The number of aliphatic hydroxyl groups is 2. The van der Waals surface area contributed by atoms with Crippen molar-refractivity contribution in [1.29, 1.82) is 0 Å². The third-order valence-corrected chi connectivity index (χ3v) is 3.04. The van der Waals surface area contributed by atoms with Crippen molar-refractivity contribution in [2.45, 2.75) is 23.9 Å². The smallest absolute Gasteiger partial charge is 0.351 e. The second kappa shape index (κ2) is 4.52. The van der Waals surface area contributed by atoms with Gasteiger partial charge in [-0.1, -0.05) is 5.92 Å². The summed E-state index contributed by atoms with van der Waals surface area (Å²) in [6, 6.07) is 1.11. The molecule has 1 aliphatic rings. The molecule has 108 valence electrons. The summed E-state index contributed by atoms with van der Waals surface area (Å²) in [5.41, 5.74) is 1.87. The van der Waals surface area contributed by atoms with Gasteiger partial charge in [0.05, 0.1) is 6.61 Å². The molecule has 20 heavy (non-hydrogen) atoms. The van der Waals surface area contributed by atoms with Crippen molar-refractivity contribution in [3.05, 3.63) is 22.7 Å². The molecule has 0 spiro atoms. The third kappa shape index (κ3) is 1.85. The Hall–Kier alpha value is -2.02. The van der Waals surface area contributed by atoms with E-state index in [-0.39, 0.29) is 5.82 Å². The van der Waals surface area contributed by atoms with Gasteiger partial charge in [0.25, 0.3) is 0 Å². The molecule has 0 bridgehead atoms. The lowest BCUT2D eigenvalue weighted by Gasteiger charge is -2.23. The molecule has 0 aliphatic carbocycles. The zero-order chi connectivity index (χ0) is 15.1. The lowest BCUT2D eigenvalue weighted by atomic mass is 9.96. The van der Waals surface area contributed by atoms with Crippen LogP contribution in [0.5, 0.6) is 0 Å². The molecule has 0 saturated carbocycles. The number of nitrogen functional groups attached to an aromatic ring is 1. The van der Waals surface area contributed by atoms with Gasteiger partial charge in [-0.05, 0) is 6.07 Å². The summed E-state index contributed by atoms with van der Waals surface area (Å²) in [6.07, 6.45) is 1.32. The second-order valence-electron chi connectivity index (χ2n) is 4.28. The molecule has 3 atom stereocenters. The van der Waals surface area contributed by atoms with Gasteiger partial charge in [0.15, 0.2) is 11.7 Å². The maximum atomic E-state index is 14.0. The first-order valence-electron chi connectivity index (χ1n) is 5.45. The number of halogens is 2. The highest BCUT2D eigenvalue weighted by Crippen LogP contribution is 2.47. The van der Waals surface area contributed by atoms with E-state index in [1.165, 1.54) is 0 Å². The van der Waals surface area contributed by atoms with Crippen LogP contribution in [0.25, 0.3) is 0 Å². The largest absolute Gasteiger partial charge is 0.392 e. The summed E-state index contributed by atoms with van der Waals surface area (Å²) in [4.78, 5) is 14.9. The predicted octanol–water partition coefficient (Wildman–Crippen LogP) is -1.29. The van der Waals surface area contributed by atoms with Gasteiger partial charge in [-0.3, -0.25) is 4.57 Å². The number of nitrogens with zero attached hydrogens (tertiary/aromatic N) is 2. The normalized spacial score (nSPS) is 31.9. The summed E-state index contributed by atoms with van der Waals surface area (Å²) in [7, 11) is 0. The van der Waals surface area contributed by atoms with Crippen LogP contribution in [0.3, 0.4) is 0 Å². The molecule has 7 nitrogen and oxygen atoms in total. The van der Waals surface area contributed by atoms with E-state index in [2.05, 4.69) is 4.98 Å². The fourth-order valence-corrected chi connectivity index (χ4v) is 1.92. The Labute approximate surface area is 111 Å². The molecule has 1 fully saturated rings. The van der Waals surface area contributed by atoms with Gasteiger partial charge in [-0.25, -0.2) is 4.79 Å². The Kier molecular flexibility index (Phi) is 3.25. The van der Waals surface area contributed by atoms with Crippen LogP contribution >= 0.6 is 0 Å². The summed E-state index contributed by atoms with van der Waals surface area (Å²) in [6.45, 7) is -1.03. The molecule has 0 amide bonds. The number of terminal acetylenes is 1. The van der Waals surface area contributed by atoms with Crippen molar-refractivity contribution in [2.24, 2.45) is 0 Å². The maximum absolute atomic E-state index is 14.0. The average molecular weight is 287 g/mol. The first-order chi connectivity index (χ1) is 9.28. The first kappa shape index (κ1) is 14.4. The number of alkyl halides is 2. The second-order valence-corrected chi connectivity index (χ2v) is 4.28. The fraction of sp³-hybridized carbons (Fsp3) is 0.455. The summed E-state index contributed by atoms with van der Waals surface area (Å²) < 4.78 is 33.4. The third-order valence-electron chi connectivity index (χ3n) is 3.04. The Morgan fingerprint density at radius 3 is 2.75 bits per heavy atom. The Balaban J connectivity index is 2.53. The molecule has 4 N–H and O–H groups in total. The molecule has 1 aliphatic heterocycles. The molecule has 0 aromatic carbocycles. The first-order valence-corrected chi connectivity index (χ1v) is 5.45. The number of hydrogen-bond acceptors (Lipinski definition) is 6. The summed E-state index contributed by atoms with van der Waals surface area (Å²) >= 11 is 0. The van der Waals surface area contributed by atoms with Crippen molar-refractivity contribution in [3.63, 3.8) is 0 Å². The minimum absolute atomic E-state index is 0.154.